The summed E-state index contributed by atoms with van der Waals surface area (Å²) in [5, 5.41) is 3.42. The van der Waals surface area contributed by atoms with Crippen molar-refractivity contribution in [2.24, 2.45) is 0 Å². The molecule has 0 aromatic carbocycles. The third-order valence-electron chi connectivity index (χ3n) is 2.32. The van der Waals surface area contributed by atoms with Crippen molar-refractivity contribution in [1.29, 1.82) is 0 Å². The second-order valence-electron chi connectivity index (χ2n) is 3.56. The summed E-state index contributed by atoms with van der Waals surface area (Å²) < 4.78 is 1.07. The fraction of sp³-hybridized carbons (Fsp3) is 0.545. The maximum atomic E-state index is 4.47. The van der Waals surface area contributed by atoms with Crippen molar-refractivity contribution in [1.82, 2.24) is 10.3 Å². The largest absolute Gasteiger partial charge is 0.309 e. The maximum Gasteiger partial charge on any atom is 0.0545 e. The van der Waals surface area contributed by atoms with E-state index in [-0.39, 0.29) is 0 Å². The zero-order valence-electron chi connectivity index (χ0n) is 8.97. The molecule has 0 radical (unpaired) electrons. The maximum absolute atomic E-state index is 4.47. The van der Waals surface area contributed by atoms with Crippen LogP contribution in [0, 0.1) is 6.92 Å². The van der Waals surface area contributed by atoms with E-state index in [2.05, 4.69) is 46.1 Å². The Morgan fingerprint density at radius 3 is 2.79 bits per heavy atom. The monoisotopic (exact) mass is 256 g/mol. The van der Waals surface area contributed by atoms with Gasteiger partial charge in [-0.1, -0.05) is 6.92 Å². The summed E-state index contributed by atoms with van der Waals surface area (Å²) in [4.78, 5) is 4.47. The van der Waals surface area contributed by atoms with Gasteiger partial charge in [0, 0.05) is 17.1 Å². The van der Waals surface area contributed by atoms with Crippen LogP contribution < -0.4 is 5.32 Å². The molecule has 0 aliphatic carbocycles. The number of rotatable bonds is 4. The van der Waals surface area contributed by atoms with Gasteiger partial charge in [0.05, 0.1) is 11.4 Å². The summed E-state index contributed by atoms with van der Waals surface area (Å²) in [5.74, 6) is 0. The zero-order chi connectivity index (χ0) is 10.6. The van der Waals surface area contributed by atoms with E-state index in [1.807, 2.05) is 13.0 Å². The zero-order valence-corrected chi connectivity index (χ0v) is 10.6. The molecule has 0 unspecified atom stereocenters. The van der Waals surface area contributed by atoms with Crippen molar-refractivity contribution in [2.75, 3.05) is 0 Å². The minimum absolute atomic E-state index is 0.556. The van der Waals surface area contributed by atoms with E-state index in [0.29, 0.717) is 6.04 Å². The first-order chi connectivity index (χ1) is 6.63. The molecule has 0 saturated carbocycles. The van der Waals surface area contributed by atoms with Crippen LogP contribution in [0.1, 0.15) is 31.7 Å². The Morgan fingerprint density at radius 2 is 2.21 bits per heavy atom. The summed E-state index contributed by atoms with van der Waals surface area (Å²) in [6, 6.07) is 4.66. The second kappa shape index (κ2) is 5.47. The van der Waals surface area contributed by atoms with Crippen LogP contribution in [0.5, 0.6) is 0 Å². The molecule has 1 atom stereocenters. The molecule has 0 bridgehead atoms. The molecule has 1 aromatic heterocycles. The molecule has 0 spiro atoms. The Hall–Kier alpha value is -0.410. The first kappa shape index (κ1) is 11.7. The lowest BCUT2D eigenvalue weighted by atomic mass is 10.2. The second-order valence-corrected chi connectivity index (χ2v) is 4.41. The van der Waals surface area contributed by atoms with Crippen LogP contribution in [-0.4, -0.2) is 11.0 Å². The topological polar surface area (TPSA) is 24.9 Å². The van der Waals surface area contributed by atoms with Gasteiger partial charge in [0.2, 0.25) is 0 Å². The normalized spacial score (nSPS) is 12.9. The van der Waals surface area contributed by atoms with E-state index in [4.69, 9.17) is 0 Å². The van der Waals surface area contributed by atoms with Crippen molar-refractivity contribution in [2.45, 2.75) is 39.8 Å². The van der Waals surface area contributed by atoms with Crippen LogP contribution in [0.15, 0.2) is 16.6 Å². The standard InChI is InChI=1S/C11H17BrN2/c1-4-8(2)13-7-10-5-6-11(12)9(3)14-10/h5-6,8,13H,4,7H2,1-3H3/t8-/m1/s1. The van der Waals surface area contributed by atoms with E-state index < -0.39 is 0 Å². The fourth-order valence-electron chi connectivity index (χ4n) is 1.12. The molecule has 0 amide bonds. The van der Waals surface area contributed by atoms with Gasteiger partial charge in [-0.15, -0.1) is 0 Å². The lowest BCUT2D eigenvalue weighted by molar-refractivity contribution is 0.528. The Morgan fingerprint density at radius 1 is 1.50 bits per heavy atom. The van der Waals surface area contributed by atoms with Gasteiger partial charge in [0.1, 0.15) is 0 Å². The molecule has 78 valence electrons. The molecular weight excluding hydrogens is 240 g/mol. The van der Waals surface area contributed by atoms with Crippen molar-refractivity contribution >= 4 is 15.9 Å². The third kappa shape index (κ3) is 3.39. The predicted molar refractivity (Wildman–Crippen MR) is 63.3 cm³/mol. The van der Waals surface area contributed by atoms with Gasteiger partial charge in [-0.3, -0.25) is 4.98 Å². The SMILES string of the molecule is CC[C@@H](C)NCc1ccc(Br)c(C)n1. The van der Waals surface area contributed by atoms with Gasteiger partial charge in [-0.25, -0.2) is 0 Å². The van der Waals surface area contributed by atoms with Crippen LogP contribution in [0.4, 0.5) is 0 Å². The van der Waals surface area contributed by atoms with E-state index in [9.17, 15) is 0 Å². The first-order valence-electron chi connectivity index (χ1n) is 4.99. The molecule has 1 rings (SSSR count). The van der Waals surface area contributed by atoms with Crippen LogP contribution >= 0.6 is 15.9 Å². The van der Waals surface area contributed by atoms with E-state index in [1.54, 1.807) is 0 Å². The smallest absolute Gasteiger partial charge is 0.0545 e. The van der Waals surface area contributed by atoms with Gasteiger partial charge in [0.15, 0.2) is 0 Å². The molecule has 2 nitrogen and oxygen atoms in total. The molecule has 0 saturated heterocycles. The summed E-state index contributed by atoms with van der Waals surface area (Å²) in [7, 11) is 0. The van der Waals surface area contributed by atoms with Crippen LogP contribution in [0.25, 0.3) is 0 Å². The Kier molecular flexibility index (Phi) is 4.55. The van der Waals surface area contributed by atoms with Crippen molar-refractivity contribution in [3.8, 4) is 0 Å². The highest BCUT2D eigenvalue weighted by atomic mass is 79.9. The van der Waals surface area contributed by atoms with E-state index in [0.717, 1.165) is 28.8 Å². The molecule has 1 aromatic rings. The molecule has 1 N–H and O–H groups in total. The Bertz CT molecular complexity index is 299. The van der Waals surface area contributed by atoms with Crippen LogP contribution in [0.3, 0.4) is 0 Å². The lowest BCUT2D eigenvalue weighted by Gasteiger charge is -2.11. The lowest BCUT2D eigenvalue weighted by Crippen LogP contribution is -2.24. The number of aromatic nitrogens is 1. The quantitative estimate of drug-likeness (QED) is 0.896. The van der Waals surface area contributed by atoms with Crippen molar-refractivity contribution in [3.63, 3.8) is 0 Å². The minimum Gasteiger partial charge on any atom is -0.309 e. The van der Waals surface area contributed by atoms with Gasteiger partial charge < -0.3 is 5.32 Å². The molecule has 0 aliphatic heterocycles. The highest BCUT2D eigenvalue weighted by Gasteiger charge is 2.01. The summed E-state index contributed by atoms with van der Waals surface area (Å²) in [6.07, 6.45) is 1.15. The van der Waals surface area contributed by atoms with Crippen molar-refractivity contribution in [3.05, 3.63) is 28.0 Å². The number of aryl methyl sites for hydroxylation is 1. The van der Waals surface area contributed by atoms with Crippen LogP contribution in [-0.2, 0) is 6.54 Å². The number of nitrogens with one attached hydrogen (secondary N) is 1. The summed E-state index contributed by atoms with van der Waals surface area (Å²) in [6.45, 7) is 7.23. The summed E-state index contributed by atoms with van der Waals surface area (Å²) in [5.41, 5.74) is 2.15. The number of halogens is 1. The van der Waals surface area contributed by atoms with Gasteiger partial charge >= 0.3 is 0 Å². The van der Waals surface area contributed by atoms with Gasteiger partial charge in [0.25, 0.3) is 0 Å². The number of hydrogen-bond acceptors (Lipinski definition) is 2. The summed E-state index contributed by atoms with van der Waals surface area (Å²) >= 11 is 3.44. The third-order valence-corrected chi connectivity index (χ3v) is 3.16. The predicted octanol–water partition coefficient (Wildman–Crippen LogP) is 3.04. The Labute approximate surface area is 94.3 Å². The number of pyridine rings is 1. The number of nitrogens with zero attached hydrogens (tertiary/aromatic N) is 1. The van der Waals surface area contributed by atoms with E-state index in [1.165, 1.54) is 0 Å². The number of hydrogen-bond donors (Lipinski definition) is 1. The van der Waals surface area contributed by atoms with Gasteiger partial charge in [-0.05, 0) is 48.3 Å². The van der Waals surface area contributed by atoms with Gasteiger partial charge in [-0.2, -0.15) is 0 Å². The highest BCUT2D eigenvalue weighted by molar-refractivity contribution is 9.10. The molecule has 0 fully saturated rings. The average Bonchev–Trinajstić information content (AvgIpc) is 2.19. The first-order valence-corrected chi connectivity index (χ1v) is 5.78. The van der Waals surface area contributed by atoms with E-state index >= 15 is 0 Å². The minimum atomic E-state index is 0.556. The van der Waals surface area contributed by atoms with Crippen LogP contribution in [0.2, 0.25) is 0 Å². The molecular formula is C11H17BrN2. The highest BCUT2D eigenvalue weighted by Crippen LogP contribution is 2.13. The van der Waals surface area contributed by atoms with Crippen molar-refractivity contribution < 1.29 is 0 Å². The molecule has 1 heterocycles. The average molecular weight is 257 g/mol. The Balaban J connectivity index is 2.55. The molecule has 14 heavy (non-hydrogen) atoms. The fourth-order valence-corrected chi connectivity index (χ4v) is 1.34. The molecule has 0 aliphatic rings. The molecule has 3 heteroatoms.